The van der Waals surface area contributed by atoms with E-state index in [2.05, 4.69) is 42.9 Å². The van der Waals surface area contributed by atoms with E-state index in [0.717, 1.165) is 32.0 Å². The molecular formula is C13H23N3O2. The molecule has 1 N–H and O–H groups in total. The zero-order valence-electron chi connectivity index (χ0n) is 11.7. The van der Waals surface area contributed by atoms with E-state index >= 15 is 0 Å². The number of morpholine rings is 1. The molecular weight excluding hydrogens is 230 g/mol. The van der Waals surface area contributed by atoms with Crippen molar-refractivity contribution in [2.45, 2.75) is 45.8 Å². The van der Waals surface area contributed by atoms with Crippen molar-refractivity contribution in [3.63, 3.8) is 0 Å². The Labute approximate surface area is 109 Å². The van der Waals surface area contributed by atoms with Gasteiger partial charge in [0.1, 0.15) is 6.26 Å². The lowest BCUT2D eigenvalue weighted by Crippen LogP contribution is -2.43. The van der Waals surface area contributed by atoms with Gasteiger partial charge in [-0.2, -0.15) is 4.98 Å². The highest BCUT2D eigenvalue weighted by atomic mass is 16.5. The number of anilines is 1. The number of hydrogen-bond donors (Lipinski definition) is 1. The van der Waals surface area contributed by atoms with Gasteiger partial charge in [0.2, 0.25) is 0 Å². The summed E-state index contributed by atoms with van der Waals surface area (Å²) in [7, 11) is 0. The van der Waals surface area contributed by atoms with Crippen molar-refractivity contribution >= 4 is 6.01 Å². The molecule has 2 rings (SSSR count). The maximum Gasteiger partial charge on any atom is 0.297 e. The fourth-order valence-electron chi connectivity index (χ4n) is 1.88. The zero-order chi connectivity index (χ0) is 13.2. The molecule has 1 aromatic rings. The normalized spacial score (nSPS) is 21.3. The van der Waals surface area contributed by atoms with E-state index in [0.29, 0.717) is 12.1 Å². The van der Waals surface area contributed by atoms with Crippen LogP contribution in [0.1, 0.15) is 33.4 Å². The van der Waals surface area contributed by atoms with Crippen molar-refractivity contribution in [2.75, 3.05) is 24.7 Å². The van der Waals surface area contributed by atoms with Crippen LogP contribution in [0, 0.1) is 0 Å². The highest BCUT2D eigenvalue weighted by Gasteiger charge is 2.23. The van der Waals surface area contributed by atoms with Gasteiger partial charge in [-0.3, -0.25) is 0 Å². The van der Waals surface area contributed by atoms with E-state index in [9.17, 15) is 0 Å². The Balaban J connectivity index is 1.97. The molecule has 0 aromatic carbocycles. The molecule has 0 spiro atoms. The first-order valence-electron chi connectivity index (χ1n) is 6.49. The van der Waals surface area contributed by atoms with Gasteiger partial charge in [-0.15, -0.1) is 0 Å². The lowest BCUT2D eigenvalue weighted by molar-refractivity contribution is 0.0961. The second-order valence-electron chi connectivity index (χ2n) is 5.84. The van der Waals surface area contributed by atoms with Crippen LogP contribution >= 0.6 is 0 Å². The average molecular weight is 253 g/mol. The molecule has 1 fully saturated rings. The van der Waals surface area contributed by atoms with Crippen LogP contribution in [0.15, 0.2) is 10.7 Å². The molecule has 1 saturated heterocycles. The van der Waals surface area contributed by atoms with Gasteiger partial charge in [-0.25, -0.2) is 0 Å². The minimum atomic E-state index is 0.0887. The summed E-state index contributed by atoms with van der Waals surface area (Å²) < 4.78 is 11.0. The Morgan fingerprint density at radius 2 is 2.28 bits per heavy atom. The highest BCUT2D eigenvalue weighted by molar-refractivity contribution is 5.29. The number of hydrogen-bond acceptors (Lipinski definition) is 5. The fourth-order valence-corrected chi connectivity index (χ4v) is 1.88. The van der Waals surface area contributed by atoms with E-state index in [1.807, 2.05) is 0 Å². The third-order valence-corrected chi connectivity index (χ3v) is 2.95. The summed E-state index contributed by atoms with van der Waals surface area (Å²) in [6.45, 7) is 11.6. The molecule has 102 valence electrons. The molecule has 0 amide bonds. The second kappa shape index (κ2) is 5.28. The molecule has 18 heavy (non-hydrogen) atoms. The molecule has 1 unspecified atom stereocenters. The van der Waals surface area contributed by atoms with E-state index < -0.39 is 0 Å². The number of oxazole rings is 1. The van der Waals surface area contributed by atoms with E-state index in [1.54, 1.807) is 6.26 Å². The summed E-state index contributed by atoms with van der Waals surface area (Å²) in [4.78, 5) is 6.69. The maximum atomic E-state index is 5.56. The van der Waals surface area contributed by atoms with Crippen molar-refractivity contribution in [3.8, 4) is 0 Å². The highest BCUT2D eigenvalue weighted by Crippen LogP contribution is 2.19. The molecule has 5 nitrogen and oxygen atoms in total. The number of ether oxygens (including phenoxy) is 1. The van der Waals surface area contributed by atoms with Crippen LogP contribution in [-0.4, -0.2) is 36.3 Å². The second-order valence-corrected chi connectivity index (χ2v) is 5.84. The van der Waals surface area contributed by atoms with Crippen LogP contribution in [-0.2, 0) is 11.3 Å². The Kier molecular flexibility index (Phi) is 3.92. The minimum Gasteiger partial charge on any atom is -0.432 e. The Morgan fingerprint density at radius 1 is 1.50 bits per heavy atom. The predicted molar refractivity (Wildman–Crippen MR) is 70.7 cm³/mol. The summed E-state index contributed by atoms with van der Waals surface area (Å²) in [5.41, 5.74) is 1.03. The van der Waals surface area contributed by atoms with Gasteiger partial charge in [-0.1, -0.05) is 0 Å². The topological polar surface area (TPSA) is 50.5 Å². The van der Waals surface area contributed by atoms with Gasteiger partial charge in [0, 0.05) is 18.6 Å². The van der Waals surface area contributed by atoms with Crippen molar-refractivity contribution < 1.29 is 9.15 Å². The third kappa shape index (κ3) is 3.46. The van der Waals surface area contributed by atoms with Crippen LogP contribution in [0.3, 0.4) is 0 Å². The Bertz CT molecular complexity index is 384. The van der Waals surface area contributed by atoms with E-state index in [4.69, 9.17) is 9.15 Å². The first-order valence-corrected chi connectivity index (χ1v) is 6.49. The van der Waals surface area contributed by atoms with E-state index in [-0.39, 0.29) is 5.54 Å². The molecule has 1 aromatic heterocycles. The standard InChI is InChI=1S/C13H23N3O2/c1-10-8-17-6-5-16(10)12-15-11(9-18-12)7-14-13(2,3)4/h9-10,14H,5-8H2,1-4H3. The van der Waals surface area contributed by atoms with E-state index in [1.165, 1.54) is 0 Å². The number of rotatable bonds is 3. The zero-order valence-corrected chi connectivity index (χ0v) is 11.7. The summed E-state index contributed by atoms with van der Waals surface area (Å²) in [5.74, 6) is 0. The average Bonchev–Trinajstić information content (AvgIpc) is 2.75. The van der Waals surface area contributed by atoms with Gasteiger partial charge in [-0.05, 0) is 27.7 Å². The first-order chi connectivity index (χ1) is 8.46. The van der Waals surface area contributed by atoms with Crippen molar-refractivity contribution in [1.29, 1.82) is 0 Å². The fraction of sp³-hybridized carbons (Fsp3) is 0.769. The molecule has 1 aliphatic heterocycles. The maximum absolute atomic E-state index is 5.56. The van der Waals surface area contributed by atoms with Crippen molar-refractivity contribution in [2.24, 2.45) is 0 Å². The monoisotopic (exact) mass is 253 g/mol. The van der Waals surface area contributed by atoms with Gasteiger partial charge in [0.15, 0.2) is 0 Å². The molecule has 1 atom stereocenters. The van der Waals surface area contributed by atoms with Gasteiger partial charge in [0.05, 0.1) is 24.9 Å². The third-order valence-electron chi connectivity index (χ3n) is 2.95. The lowest BCUT2D eigenvalue weighted by Gasteiger charge is -2.31. The largest absolute Gasteiger partial charge is 0.432 e. The summed E-state index contributed by atoms with van der Waals surface area (Å²) in [6.07, 6.45) is 1.73. The molecule has 1 aliphatic rings. The Morgan fingerprint density at radius 3 is 2.94 bits per heavy atom. The van der Waals surface area contributed by atoms with Crippen LogP contribution in [0.25, 0.3) is 0 Å². The van der Waals surface area contributed by atoms with Crippen LogP contribution in [0.2, 0.25) is 0 Å². The van der Waals surface area contributed by atoms with Crippen LogP contribution in [0.5, 0.6) is 0 Å². The molecule has 5 heteroatoms. The number of aromatic nitrogens is 1. The first kappa shape index (κ1) is 13.4. The summed E-state index contributed by atoms with van der Waals surface area (Å²) >= 11 is 0. The van der Waals surface area contributed by atoms with Crippen molar-refractivity contribution in [1.82, 2.24) is 10.3 Å². The number of nitrogens with zero attached hydrogens (tertiary/aromatic N) is 2. The van der Waals surface area contributed by atoms with Gasteiger partial charge in [0.25, 0.3) is 6.01 Å². The van der Waals surface area contributed by atoms with Gasteiger partial charge >= 0.3 is 0 Å². The molecule has 0 aliphatic carbocycles. The predicted octanol–water partition coefficient (Wildman–Crippen LogP) is 1.79. The Hall–Kier alpha value is -1.07. The minimum absolute atomic E-state index is 0.0887. The molecule has 0 saturated carbocycles. The quantitative estimate of drug-likeness (QED) is 0.890. The van der Waals surface area contributed by atoms with Crippen LogP contribution in [0.4, 0.5) is 6.01 Å². The lowest BCUT2D eigenvalue weighted by atomic mass is 10.1. The number of nitrogens with one attached hydrogen (secondary N) is 1. The summed E-state index contributed by atoms with van der Waals surface area (Å²) in [6, 6.07) is 1.03. The molecule has 2 heterocycles. The molecule has 0 bridgehead atoms. The molecule has 0 radical (unpaired) electrons. The van der Waals surface area contributed by atoms with Gasteiger partial charge < -0.3 is 19.4 Å². The SMILES string of the molecule is CC1COCCN1c1nc(CNC(C)(C)C)co1. The summed E-state index contributed by atoms with van der Waals surface area (Å²) in [5, 5.41) is 3.40. The van der Waals surface area contributed by atoms with Crippen molar-refractivity contribution in [3.05, 3.63) is 12.0 Å². The smallest absolute Gasteiger partial charge is 0.297 e. The van der Waals surface area contributed by atoms with Crippen LogP contribution < -0.4 is 10.2 Å².